The van der Waals surface area contributed by atoms with E-state index in [0.29, 0.717) is 0 Å². The van der Waals surface area contributed by atoms with E-state index in [2.05, 4.69) is 18.0 Å². The van der Waals surface area contributed by atoms with Gasteiger partial charge in [-0.25, -0.2) is 10.8 Å². The Kier molecular flexibility index (Phi) is 4.93. The van der Waals surface area contributed by atoms with Crippen LogP contribution >= 0.6 is 0 Å². The van der Waals surface area contributed by atoms with Crippen molar-refractivity contribution in [3.8, 4) is 12.1 Å². The Morgan fingerprint density at radius 2 is 2.00 bits per heavy atom. The SMILES string of the molecule is CCCC1=C(C(C)c2ccccc2)N=C(C#N)C(C#N)N1N. The minimum Gasteiger partial charge on any atom is -0.289 e. The lowest BCUT2D eigenvalue weighted by molar-refractivity contribution is 0.333. The Labute approximate surface area is 131 Å². The first-order valence-electron chi connectivity index (χ1n) is 7.34. The molecule has 0 aliphatic carbocycles. The molecule has 1 heterocycles. The average Bonchev–Trinajstić information content (AvgIpc) is 2.56. The Hall–Kier alpha value is -2.63. The van der Waals surface area contributed by atoms with Crippen molar-refractivity contribution >= 4 is 5.71 Å². The van der Waals surface area contributed by atoms with E-state index in [9.17, 15) is 10.5 Å². The molecule has 1 aromatic rings. The van der Waals surface area contributed by atoms with E-state index >= 15 is 0 Å². The van der Waals surface area contributed by atoms with Crippen LogP contribution in [-0.2, 0) is 0 Å². The largest absolute Gasteiger partial charge is 0.289 e. The van der Waals surface area contributed by atoms with Gasteiger partial charge in [0.05, 0.1) is 17.5 Å². The predicted molar refractivity (Wildman–Crippen MR) is 85.3 cm³/mol. The van der Waals surface area contributed by atoms with Crippen LogP contribution in [0, 0.1) is 22.7 Å². The number of allylic oxidation sites excluding steroid dienone is 2. The van der Waals surface area contributed by atoms with Crippen molar-refractivity contribution in [3.63, 3.8) is 0 Å². The molecule has 0 bridgehead atoms. The molecule has 0 saturated heterocycles. The zero-order chi connectivity index (χ0) is 16.1. The highest BCUT2D eigenvalue weighted by Gasteiger charge is 2.32. The predicted octanol–water partition coefficient (Wildman–Crippen LogP) is 2.85. The van der Waals surface area contributed by atoms with Gasteiger partial charge in [-0.1, -0.05) is 50.6 Å². The molecule has 112 valence electrons. The number of rotatable bonds is 4. The van der Waals surface area contributed by atoms with Gasteiger partial charge in [0.15, 0.2) is 11.8 Å². The van der Waals surface area contributed by atoms with Crippen molar-refractivity contribution in [2.24, 2.45) is 10.8 Å². The van der Waals surface area contributed by atoms with Gasteiger partial charge in [-0.3, -0.25) is 5.01 Å². The van der Waals surface area contributed by atoms with E-state index in [1.54, 1.807) is 0 Å². The number of hydrazine groups is 1. The van der Waals surface area contributed by atoms with Gasteiger partial charge in [0.1, 0.15) is 6.07 Å². The Bertz CT molecular complexity index is 675. The van der Waals surface area contributed by atoms with Crippen LogP contribution < -0.4 is 5.84 Å². The topological polar surface area (TPSA) is 89.2 Å². The molecule has 0 spiro atoms. The maximum absolute atomic E-state index is 9.26. The third-order valence-corrected chi connectivity index (χ3v) is 3.82. The van der Waals surface area contributed by atoms with Gasteiger partial charge in [-0.2, -0.15) is 10.5 Å². The number of benzene rings is 1. The lowest BCUT2D eigenvalue weighted by Crippen LogP contribution is -2.47. The number of nitriles is 2. The molecular formula is C17H19N5. The molecule has 1 aliphatic heterocycles. The molecule has 1 aromatic carbocycles. The van der Waals surface area contributed by atoms with Gasteiger partial charge < -0.3 is 0 Å². The second-order valence-corrected chi connectivity index (χ2v) is 5.26. The zero-order valence-electron chi connectivity index (χ0n) is 12.8. The van der Waals surface area contributed by atoms with Gasteiger partial charge in [0.2, 0.25) is 0 Å². The average molecular weight is 293 g/mol. The van der Waals surface area contributed by atoms with Gasteiger partial charge in [-0.05, 0) is 12.0 Å². The summed E-state index contributed by atoms with van der Waals surface area (Å²) in [6.07, 6.45) is 1.62. The summed E-state index contributed by atoms with van der Waals surface area (Å²) in [5.41, 5.74) is 2.88. The molecule has 5 nitrogen and oxygen atoms in total. The molecule has 2 unspecified atom stereocenters. The summed E-state index contributed by atoms with van der Waals surface area (Å²) >= 11 is 0. The second-order valence-electron chi connectivity index (χ2n) is 5.26. The van der Waals surface area contributed by atoms with Crippen molar-refractivity contribution in [2.45, 2.75) is 38.6 Å². The fourth-order valence-corrected chi connectivity index (χ4v) is 2.63. The molecule has 5 heteroatoms. The van der Waals surface area contributed by atoms with E-state index in [-0.39, 0.29) is 11.6 Å². The summed E-state index contributed by atoms with van der Waals surface area (Å²) in [4.78, 5) is 4.47. The van der Waals surface area contributed by atoms with Gasteiger partial charge >= 0.3 is 0 Å². The van der Waals surface area contributed by atoms with Crippen LogP contribution in [0.3, 0.4) is 0 Å². The van der Waals surface area contributed by atoms with Crippen molar-refractivity contribution in [1.29, 1.82) is 10.5 Å². The van der Waals surface area contributed by atoms with Crippen molar-refractivity contribution in [2.75, 3.05) is 0 Å². The Morgan fingerprint density at radius 1 is 1.32 bits per heavy atom. The summed E-state index contributed by atoms with van der Waals surface area (Å²) in [5, 5.41) is 19.9. The molecule has 1 aliphatic rings. The summed E-state index contributed by atoms with van der Waals surface area (Å²) in [6.45, 7) is 4.09. The molecule has 0 aromatic heterocycles. The first-order chi connectivity index (χ1) is 10.6. The molecule has 2 N–H and O–H groups in total. The number of hydrogen-bond donors (Lipinski definition) is 1. The summed E-state index contributed by atoms with van der Waals surface area (Å²) in [6, 6.07) is 13.2. The van der Waals surface area contributed by atoms with Crippen LogP contribution in [0.1, 0.15) is 38.2 Å². The van der Waals surface area contributed by atoms with Crippen molar-refractivity contribution < 1.29 is 0 Å². The van der Waals surface area contributed by atoms with Crippen LogP contribution in [0.15, 0.2) is 46.7 Å². The first kappa shape index (κ1) is 15.8. The first-order valence-corrected chi connectivity index (χ1v) is 7.34. The lowest BCUT2D eigenvalue weighted by Gasteiger charge is -2.32. The van der Waals surface area contributed by atoms with Crippen LogP contribution in [-0.4, -0.2) is 16.8 Å². The Balaban J connectivity index is 2.53. The number of nitrogens with zero attached hydrogens (tertiary/aromatic N) is 4. The van der Waals surface area contributed by atoms with Crippen molar-refractivity contribution in [1.82, 2.24) is 5.01 Å². The molecule has 2 rings (SSSR count). The lowest BCUT2D eigenvalue weighted by atomic mass is 9.93. The fourth-order valence-electron chi connectivity index (χ4n) is 2.63. The van der Waals surface area contributed by atoms with E-state index in [1.807, 2.05) is 43.3 Å². The third-order valence-electron chi connectivity index (χ3n) is 3.82. The Morgan fingerprint density at radius 3 is 2.55 bits per heavy atom. The standard InChI is InChI=1S/C17H19N5/c1-3-7-15-17(12(2)13-8-5-4-6-9-13)21-14(10-18)16(11-19)22(15)20/h4-6,8-9,12,16H,3,7,20H2,1-2H3. The van der Waals surface area contributed by atoms with Crippen molar-refractivity contribution in [3.05, 3.63) is 47.3 Å². The van der Waals surface area contributed by atoms with E-state index < -0.39 is 6.04 Å². The highest BCUT2D eigenvalue weighted by atomic mass is 15.4. The third kappa shape index (κ3) is 2.86. The maximum atomic E-state index is 9.26. The number of aliphatic imine (C=N–C) groups is 1. The number of nitrogens with two attached hydrogens (primary N) is 1. The number of hydrogen-bond acceptors (Lipinski definition) is 5. The summed E-state index contributed by atoms with van der Waals surface area (Å²) < 4.78 is 0. The smallest absolute Gasteiger partial charge is 0.183 e. The van der Waals surface area contributed by atoms with Gasteiger partial charge in [0, 0.05) is 5.92 Å². The van der Waals surface area contributed by atoms with E-state index in [1.165, 1.54) is 5.01 Å². The molecule has 0 saturated carbocycles. The van der Waals surface area contributed by atoms with Crippen LogP contribution in [0.25, 0.3) is 0 Å². The van der Waals surface area contributed by atoms with Gasteiger partial charge in [0.25, 0.3) is 0 Å². The molecule has 0 radical (unpaired) electrons. The molecular weight excluding hydrogens is 274 g/mol. The minimum atomic E-state index is -0.807. The second kappa shape index (κ2) is 6.89. The quantitative estimate of drug-likeness (QED) is 0.864. The minimum absolute atomic E-state index is 0.0109. The highest BCUT2D eigenvalue weighted by molar-refractivity contribution is 6.05. The molecule has 2 atom stereocenters. The molecule has 22 heavy (non-hydrogen) atoms. The van der Waals surface area contributed by atoms with Crippen LogP contribution in [0.4, 0.5) is 0 Å². The molecule has 0 amide bonds. The van der Waals surface area contributed by atoms with E-state index in [0.717, 1.165) is 29.8 Å². The monoisotopic (exact) mass is 293 g/mol. The van der Waals surface area contributed by atoms with E-state index in [4.69, 9.17) is 5.84 Å². The van der Waals surface area contributed by atoms with Crippen LogP contribution in [0.5, 0.6) is 0 Å². The van der Waals surface area contributed by atoms with Crippen LogP contribution in [0.2, 0.25) is 0 Å². The fraction of sp³-hybridized carbons (Fsp3) is 0.353. The summed E-state index contributed by atoms with van der Waals surface area (Å²) in [7, 11) is 0. The molecule has 0 fully saturated rings. The maximum Gasteiger partial charge on any atom is 0.183 e. The summed E-state index contributed by atoms with van der Waals surface area (Å²) in [5.74, 6) is 6.12. The normalized spacial score (nSPS) is 19.2. The zero-order valence-corrected chi connectivity index (χ0v) is 12.8. The van der Waals surface area contributed by atoms with Gasteiger partial charge in [-0.15, -0.1) is 0 Å². The highest BCUT2D eigenvalue weighted by Crippen LogP contribution is 2.33.